The Balaban J connectivity index is -0.0000000800. The van der Waals surface area contributed by atoms with Crippen molar-refractivity contribution in [3.8, 4) is 0 Å². The maximum absolute atomic E-state index is 5.14. The van der Waals surface area contributed by atoms with Crippen molar-refractivity contribution in [1.82, 2.24) is 0 Å². The summed E-state index contributed by atoms with van der Waals surface area (Å²) in [7, 11) is 0. The van der Waals surface area contributed by atoms with Crippen molar-refractivity contribution < 1.29 is 0 Å². The van der Waals surface area contributed by atoms with Crippen LogP contribution in [0.3, 0.4) is 0 Å². The van der Waals surface area contributed by atoms with E-state index in [0.29, 0.717) is 0 Å². The molecule has 46 valence electrons. The van der Waals surface area contributed by atoms with Crippen molar-refractivity contribution in [2.45, 2.75) is 19.8 Å². The van der Waals surface area contributed by atoms with E-state index >= 15 is 0 Å². The number of hydrogen-bond acceptors (Lipinski definition) is 1. The third-order valence-corrected chi connectivity index (χ3v) is 0.558. The molecule has 0 fully saturated rings. The maximum Gasteiger partial charge on any atom is 0 e. The maximum atomic E-state index is 5.14. The molecule has 0 aromatic heterocycles. The van der Waals surface area contributed by atoms with Gasteiger partial charge >= 0.3 is 0 Å². The second-order valence-electron chi connectivity index (χ2n) is 1.14. The van der Waals surface area contributed by atoms with Crippen LogP contribution >= 0.6 is 13.5 Å². The molecule has 2 radical (unpaired) electrons. The number of unbranched alkanes of at least 4 members (excludes halogenated alkanes) is 1. The van der Waals surface area contributed by atoms with E-state index in [4.69, 9.17) is 5.73 Å². The fourth-order valence-corrected chi connectivity index (χ4v) is 0.204. The van der Waals surface area contributed by atoms with Gasteiger partial charge < -0.3 is 5.73 Å². The molecule has 0 unspecified atom stereocenters. The van der Waals surface area contributed by atoms with Crippen LogP contribution in [0.25, 0.3) is 0 Å². The van der Waals surface area contributed by atoms with Crippen LogP contribution in [0.2, 0.25) is 0 Å². The molecule has 0 rings (SSSR count). The van der Waals surface area contributed by atoms with Gasteiger partial charge in [0.25, 0.3) is 0 Å². The van der Waals surface area contributed by atoms with E-state index in [1.807, 2.05) is 0 Å². The molecule has 0 atom stereocenters. The van der Waals surface area contributed by atoms with E-state index in [1.165, 1.54) is 12.8 Å². The molecule has 0 saturated carbocycles. The molecule has 0 aliphatic heterocycles. The van der Waals surface area contributed by atoms with Crippen molar-refractivity contribution in [3.63, 3.8) is 0 Å². The first-order chi connectivity index (χ1) is 2.41. The predicted octanol–water partition coefficient (Wildman–Crippen LogP) is 0.477. The van der Waals surface area contributed by atoms with Gasteiger partial charge in [0.2, 0.25) is 0 Å². The Hall–Kier alpha value is 0.829. The van der Waals surface area contributed by atoms with Crippen LogP contribution in [-0.4, -0.2) is 23.6 Å². The first kappa shape index (κ1) is 15.7. The Bertz CT molecular complexity index is 19.2. The minimum atomic E-state index is 0. The van der Waals surface area contributed by atoms with E-state index in [9.17, 15) is 0 Å². The van der Waals surface area contributed by atoms with E-state index < -0.39 is 0 Å². The molecule has 1 nitrogen and oxygen atoms in total. The van der Waals surface area contributed by atoms with Gasteiger partial charge in [0.1, 0.15) is 0 Å². The molecule has 0 spiro atoms. The number of nitrogens with two attached hydrogens (primary N) is 1. The Morgan fingerprint density at radius 2 is 1.86 bits per heavy atom. The molecule has 0 aromatic carbocycles. The van der Waals surface area contributed by atoms with E-state index in [0.717, 1.165) is 6.54 Å². The summed E-state index contributed by atoms with van der Waals surface area (Å²) in [6, 6.07) is 0. The fraction of sp³-hybridized carbons (Fsp3) is 1.00. The monoisotopic (exact) mass is 187 g/mol. The Morgan fingerprint density at radius 1 is 1.43 bits per heavy atom. The van der Waals surface area contributed by atoms with Crippen LogP contribution in [0.4, 0.5) is 0 Å². The summed E-state index contributed by atoms with van der Waals surface area (Å²) in [6.07, 6.45) is 2.39. The second-order valence-corrected chi connectivity index (χ2v) is 1.14. The van der Waals surface area contributed by atoms with Crippen molar-refractivity contribution in [2.24, 2.45) is 5.73 Å². The van der Waals surface area contributed by atoms with Crippen molar-refractivity contribution in [3.05, 3.63) is 0 Å². The van der Waals surface area contributed by atoms with Crippen LogP contribution in [0.5, 0.6) is 0 Å². The quantitative estimate of drug-likeness (QED) is 0.623. The van der Waals surface area contributed by atoms with Crippen LogP contribution in [0, 0.1) is 0 Å². The van der Waals surface area contributed by atoms with Gasteiger partial charge in [0.05, 0.1) is 0 Å². The Kier molecular flexibility index (Phi) is 35.4. The zero-order valence-electron chi connectivity index (χ0n) is 4.61. The molecule has 0 amide bonds. The molecule has 3 heteroatoms. The minimum Gasteiger partial charge on any atom is -0.330 e. The Morgan fingerprint density at radius 3 is 1.86 bits per heavy atom. The number of hydrogen-bond donors (Lipinski definition) is 1. The van der Waals surface area contributed by atoms with Gasteiger partial charge in [-0.15, -0.1) is 0 Å². The summed E-state index contributed by atoms with van der Waals surface area (Å²) in [5.41, 5.74) is 5.14. The topological polar surface area (TPSA) is 26.0 Å². The van der Waals surface area contributed by atoms with Crippen LogP contribution in [-0.2, 0) is 0 Å². The number of rotatable bonds is 2. The summed E-state index contributed by atoms with van der Waals surface area (Å²) in [4.78, 5) is 0. The molecule has 0 aliphatic rings. The van der Waals surface area contributed by atoms with Gasteiger partial charge in [-0.3, -0.25) is 0 Å². The molecule has 0 saturated heterocycles. The smallest absolute Gasteiger partial charge is 0 e. The third kappa shape index (κ3) is 19.9. The van der Waals surface area contributed by atoms with Gasteiger partial charge in [-0.1, -0.05) is 13.3 Å². The molecule has 0 bridgehead atoms. The molecule has 7 heavy (non-hydrogen) atoms. The van der Waals surface area contributed by atoms with E-state index in [2.05, 4.69) is 6.92 Å². The molecule has 0 aromatic rings. The Labute approximate surface area is 63.0 Å². The van der Waals surface area contributed by atoms with Crippen LogP contribution in [0.1, 0.15) is 19.8 Å². The second kappa shape index (κ2) is 15.8. The van der Waals surface area contributed by atoms with E-state index in [1.54, 1.807) is 0 Å². The largest absolute Gasteiger partial charge is 0.330 e. The van der Waals surface area contributed by atoms with E-state index in [-0.39, 0.29) is 30.6 Å². The molecule has 0 heterocycles. The van der Waals surface area contributed by atoms with Crippen molar-refractivity contribution in [1.29, 1.82) is 0 Å². The SMILES string of the molecule is CCCCN.S.[Se]. The third-order valence-electron chi connectivity index (χ3n) is 0.558. The van der Waals surface area contributed by atoms with Gasteiger partial charge in [0.15, 0.2) is 0 Å². The normalized spacial score (nSPS) is 6.00. The molecular weight excluding hydrogens is 173 g/mol. The van der Waals surface area contributed by atoms with Gasteiger partial charge in [-0.05, 0) is 13.0 Å². The summed E-state index contributed by atoms with van der Waals surface area (Å²) in [5, 5.41) is 0. The van der Waals surface area contributed by atoms with Gasteiger partial charge in [-0.2, -0.15) is 13.5 Å². The summed E-state index contributed by atoms with van der Waals surface area (Å²) >= 11 is 0. The summed E-state index contributed by atoms with van der Waals surface area (Å²) in [6.45, 7) is 2.98. The van der Waals surface area contributed by atoms with Crippen molar-refractivity contribution >= 4 is 30.6 Å². The summed E-state index contributed by atoms with van der Waals surface area (Å²) in [5.74, 6) is 0. The zero-order chi connectivity index (χ0) is 4.12. The van der Waals surface area contributed by atoms with Gasteiger partial charge in [0, 0.05) is 17.1 Å². The van der Waals surface area contributed by atoms with Crippen LogP contribution < -0.4 is 5.73 Å². The fourth-order valence-electron chi connectivity index (χ4n) is 0.204. The standard InChI is InChI=1S/C4H11N.H2S.Se/c1-2-3-4-5;;/h2-5H2,1H3;1H2;. The molecule has 2 N–H and O–H groups in total. The first-order valence-corrected chi connectivity index (χ1v) is 2.12. The average molecular weight is 186 g/mol. The molecular formula is C4H13NSSe. The van der Waals surface area contributed by atoms with Crippen molar-refractivity contribution in [2.75, 3.05) is 6.54 Å². The zero-order valence-corrected chi connectivity index (χ0v) is 7.32. The molecule has 0 aliphatic carbocycles. The first-order valence-electron chi connectivity index (χ1n) is 2.12. The predicted molar refractivity (Wildman–Crippen MR) is 40.1 cm³/mol. The van der Waals surface area contributed by atoms with Gasteiger partial charge in [-0.25, -0.2) is 0 Å². The minimum absolute atomic E-state index is 0. The summed E-state index contributed by atoms with van der Waals surface area (Å²) < 4.78 is 0. The average Bonchev–Trinajstić information content (AvgIpc) is 1.41. The van der Waals surface area contributed by atoms with Crippen LogP contribution in [0.15, 0.2) is 0 Å².